The van der Waals surface area contributed by atoms with E-state index in [1.165, 1.54) is 13.2 Å². The van der Waals surface area contributed by atoms with Crippen molar-refractivity contribution < 1.29 is 32.5 Å². The number of aromatic carboxylic acids is 1. The van der Waals surface area contributed by atoms with Crippen molar-refractivity contribution in [2.24, 2.45) is 0 Å². The average Bonchev–Trinajstić information content (AvgIpc) is 2.45. The second kappa shape index (κ2) is 5.97. The van der Waals surface area contributed by atoms with Gasteiger partial charge in [0, 0.05) is 0 Å². The van der Waals surface area contributed by atoms with Gasteiger partial charge < -0.3 is 14.6 Å². The van der Waals surface area contributed by atoms with Gasteiger partial charge >= 0.3 is 12.3 Å². The van der Waals surface area contributed by atoms with E-state index >= 15 is 0 Å². The summed E-state index contributed by atoms with van der Waals surface area (Å²) in [6.45, 7) is 0. The minimum absolute atomic E-state index is 0.378. The molecule has 0 fully saturated rings. The van der Waals surface area contributed by atoms with E-state index in [-0.39, 0.29) is 0 Å². The highest BCUT2D eigenvalue weighted by atomic mass is 19.4. The third-order valence-corrected chi connectivity index (χ3v) is 2.84. The number of halogens is 3. The number of hydrogen-bond acceptors (Lipinski definition) is 3. The summed E-state index contributed by atoms with van der Waals surface area (Å²) in [5.41, 5.74) is 0.385. The van der Waals surface area contributed by atoms with E-state index in [4.69, 9.17) is 9.84 Å². The summed E-state index contributed by atoms with van der Waals surface area (Å²) in [6, 6.07) is 10.1. The molecule has 0 atom stereocenters. The number of carbonyl (C=O) groups is 1. The van der Waals surface area contributed by atoms with Gasteiger partial charge in [0.25, 0.3) is 0 Å². The molecule has 0 heterocycles. The first kappa shape index (κ1) is 15.7. The Morgan fingerprint density at radius 3 is 2.36 bits per heavy atom. The van der Waals surface area contributed by atoms with E-state index in [1.807, 2.05) is 0 Å². The zero-order chi connectivity index (χ0) is 16.3. The molecule has 2 aromatic rings. The van der Waals surface area contributed by atoms with Crippen LogP contribution in [-0.4, -0.2) is 24.5 Å². The second-order valence-corrected chi connectivity index (χ2v) is 4.30. The summed E-state index contributed by atoms with van der Waals surface area (Å²) in [7, 11) is 1.46. The maximum absolute atomic E-state index is 12.4. The highest BCUT2D eigenvalue weighted by Crippen LogP contribution is 2.32. The first-order valence-electron chi connectivity index (χ1n) is 6.07. The molecule has 7 heteroatoms. The maximum atomic E-state index is 12.4. The van der Waals surface area contributed by atoms with Crippen LogP contribution in [0.3, 0.4) is 0 Å². The minimum Gasteiger partial charge on any atom is -0.497 e. The monoisotopic (exact) mass is 312 g/mol. The van der Waals surface area contributed by atoms with E-state index < -0.39 is 23.6 Å². The molecule has 116 valence electrons. The Hall–Kier alpha value is -2.70. The number of carboxylic acids is 1. The SMILES string of the molecule is COc1cccc(-c2ccc(C(=O)O)c(OC(F)(F)F)c2)c1. The van der Waals surface area contributed by atoms with Crippen LogP contribution in [0.25, 0.3) is 11.1 Å². The van der Waals surface area contributed by atoms with Gasteiger partial charge in [0.15, 0.2) is 0 Å². The average molecular weight is 312 g/mol. The zero-order valence-corrected chi connectivity index (χ0v) is 11.3. The first-order chi connectivity index (χ1) is 10.3. The summed E-state index contributed by atoms with van der Waals surface area (Å²) >= 11 is 0. The standard InChI is InChI=1S/C15H11F3O4/c1-21-11-4-2-3-9(7-11)10-5-6-12(14(19)20)13(8-10)22-15(16,17)18/h2-8H,1H3,(H,19,20). The fourth-order valence-electron chi connectivity index (χ4n) is 1.89. The lowest BCUT2D eigenvalue weighted by Crippen LogP contribution is -2.19. The van der Waals surface area contributed by atoms with Crippen LogP contribution in [0.4, 0.5) is 13.2 Å². The molecule has 22 heavy (non-hydrogen) atoms. The zero-order valence-electron chi connectivity index (χ0n) is 11.3. The quantitative estimate of drug-likeness (QED) is 0.928. The molecule has 0 amide bonds. The minimum atomic E-state index is -4.97. The fourth-order valence-corrected chi connectivity index (χ4v) is 1.89. The van der Waals surface area contributed by atoms with Gasteiger partial charge in [0.2, 0.25) is 0 Å². The van der Waals surface area contributed by atoms with Crippen molar-refractivity contribution in [2.75, 3.05) is 7.11 Å². The number of hydrogen-bond donors (Lipinski definition) is 1. The lowest BCUT2D eigenvalue weighted by molar-refractivity contribution is -0.274. The summed E-state index contributed by atoms with van der Waals surface area (Å²) in [6.07, 6.45) is -4.97. The fraction of sp³-hybridized carbons (Fsp3) is 0.133. The summed E-state index contributed by atoms with van der Waals surface area (Å²) in [5, 5.41) is 8.94. The molecule has 0 unspecified atom stereocenters. The van der Waals surface area contributed by atoms with Gasteiger partial charge in [-0.05, 0) is 35.4 Å². The van der Waals surface area contributed by atoms with E-state index in [2.05, 4.69) is 4.74 Å². The molecule has 0 aliphatic heterocycles. The number of benzene rings is 2. The van der Waals surface area contributed by atoms with Crippen molar-refractivity contribution in [1.29, 1.82) is 0 Å². The Kier molecular flexibility index (Phi) is 4.25. The second-order valence-electron chi connectivity index (χ2n) is 4.30. The molecule has 0 saturated heterocycles. The van der Waals surface area contributed by atoms with Crippen molar-refractivity contribution in [3.05, 3.63) is 48.0 Å². The van der Waals surface area contributed by atoms with Gasteiger partial charge in [-0.15, -0.1) is 13.2 Å². The van der Waals surface area contributed by atoms with Crippen molar-refractivity contribution in [1.82, 2.24) is 0 Å². The molecule has 4 nitrogen and oxygen atoms in total. The molecule has 2 aromatic carbocycles. The normalized spacial score (nSPS) is 11.1. The van der Waals surface area contributed by atoms with Gasteiger partial charge in [-0.25, -0.2) is 4.79 Å². The van der Waals surface area contributed by atoms with Crippen molar-refractivity contribution in [3.8, 4) is 22.6 Å². The molecule has 0 radical (unpaired) electrons. The van der Waals surface area contributed by atoms with Crippen molar-refractivity contribution in [3.63, 3.8) is 0 Å². The third-order valence-electron chi connectivity index (χ3n) is 2.84. The van der Waals surface area contributed by atoms with Gasteiger partial charge in [-0.2, -0.15) is 0 Å². The van der Waals surface area contributed by atoms with Crippen LogP contribution < -0.4 is 9.47 Å². The summed E-state index contributed by atoms with van der Waals surface area (Å²) < 4.78 is 46.1. The largest absolute Gasteiger partial charge is 0.573 e. The van der Waals surface area contributed by atoms with Crippen molar-refractivity contribution in [2.45, 2.75) is 6.36 Å². The number of ether oxygens (including phenoxy) is 2. The summed E-state index contributed by atoms with van der Waals surface area (Å²) in [4.78, 5) is 11.0. The predicted molar refractivity (Wildman–Crippen MR) is 72.1 cm³/mol. The lowest BCUT2D eigenvalue weighted by Gasteiger charge is -2.13. The van der Waals surface area contributed by atoms with Crippen molar-refractivity contribution >= 4 is 5.97 Å². The van der Waals surface area contributed by atoms with E-state index in [9.17, 15) is 18.0 Å². The molecular formula is C15H11F3O4. The van der Waals surface area contributed by atoms with Crippen LogP contribution in [0.1, 0.15) is 10.4 Å². The van der Waals surface area contributed by atoms with Crippen LogP contribution in [0.5, 0.6) is 11.5 Å². The molecule has 0 bridgehead atoms. The van der Waals surface area contributed by atoms with Gasteiger partial charge in [-0.3, -0.25) is 0 Å². The van der Waals surface area contributed by atoms with Crippen LogP contribution in [-0.2, 0) is 0 Å². The Labute approximate surface area is 123 Å². The Morgan fingerprint density at radius 1 is 1.09 bits per heavy atom. The van der Waals surface area contributed by atoms with Crippen LogP contribution >= 0.6 is 0 Å². The number of rotatable bonds is 4. The maximum Gasteiger partial charge on any atom is 0.573 e. The van der Waals surface area contributed by atoms with E-state index in [1.54, 1.807) is 24.3 Å². The number of alkyl halides is 3. The van der Waals surface area contributed by atoms with E-state index in [0.29, 0.717) is 16.9 Å². The molecule has 0 aromatic heterocycles. The van der Waals surface area contributed by atoms with E-state index in [0.717, 1.165) is 12.1 Å². The number of methoxy groups -OCH3 is 1. The van der Waals surface area contributed by atoms with Gasteiger partial charge in [0.1, 0.15) is 17.1 Å². The van der Waals surface area contributed by atoms with Gasteiger partial charge in [-0.1, -0.05) is 18.2 Å². The molecule has 0 spiro atoms. The van der Waals surface area contributed by atoms with Crippen LogP contribution in [0.15, 0.2) is 42.5 Å². The number of carboxylic acid groups (broad SMARTS) is 1. The molecule has 0 saturated carbocycles. The van der Waals surface area contributed by atoms with Crippen LogP contribution in [0.2, 0.25) is 0 Å². The molecule has 0 aliphatic rings. The Balaban J connectivity index is 2.49. The molecule has 0 aliphatic carbocycles. The lowest BCUT2D eigenvalue weighted by atomic mass is 10.0. The predicted octanol–water partition coefficient (Wildman–Crippen LogP) is 3.96. The highest BCUT2D eigenvalue weighted by Gasteiger charge is 2.33. The summed E-state index contributed by atoms with van der Waals surface area (Å²) in [5.74, 6) is -1.74. The highest BCUT2D eigenvalue weighted by molar-refractivity contribution is 5.92. The first-order valence-corrected chi connectivity index (χ1v) is 6.07. The molecule has 2 rings (SSSR count). The Morgan fingerprint density at radius 2 is 1.77 bits per heavy atom. The molecular weight excluding hydrogens is 301 g/mol. The third kappa shape index (κ3) is 3.69. The topological polar surface area (TPSA) is 55.8 Å². The van der Waals surface area contributed by atoms with Crippen LogP contribution in [0, 0.1) is 0 Å². The smallest absolute Gasteiger partial charge is 0.497 e. The van der Waals surface area contributed by atoms with Gasteiger partial charge in [0.05, 0.1) is 7.11 Å². The molecule has 1 N–H and O–H groups in total. The Bertz CT molecular complexity index is 695.